The number of likely N-dealkylation sites (tertiary alicyclic amines) is 1. The van der Waals surface area contributed by atoms with Gasteiger partial charge in [0, 0.05) is 25.2 Å². The van der Waals surface area contributed by atoms with Crippen LogP contribution in [0.25, 0.3) is 17.2 Å². The molecule has 1 heterocycles. The highest BCUT2D eigenvalue weighted by Crippen LogP contribution is 2.42. The number of hydrogen-bond acceptors (Lipinski definition) is 2. The van der Waals surface area contributed by atoms with Gasteiger partial charge in [-0.25, -0.2) is 13.6 Å². The standard InChI is InChI=1S/C32H30F3NO2/c1-20-14-28(34)31(29(35)15-20)27-5-2-4-24-17-25(32(37)38)10-11-26(24)30(27)23-8-6-21(7-9-23)16-22-18-36(19-22)13-3-12-33/h6-11,14-17H,2-5,12-13,18-19H2,1H3,(H,37,38). The number of aryl methyl sites for hydroxylation is 2. The Balaban J connectivity index is 1.58. The molecule has 1 saturated heterocycles. The van der Waals surface area contributed by atoms with E-state index in [0.717, 1.165) is 47.5 Å². The number of nitrogens with zero attached hydrogens (tertiary/aromatic N) is 1. The number of alkyl halides is 1. The molecule has 0 unspecified atom stereocenters. The molecular formula is C32H30F3NO2. The molecule has 2 aliphatic rings. The van der Waals surface area contributed by atoms with Crippen LogP contribution in [0.2, 0.25) is 0 Å². The smallest absolute Gasteiger partial charge is 0.335 e. The van der Waals surface area contributed by atoms with Crippen LogP contribution in [-0.2, 0) is 6.42 Å². The van der Waals surface area contributed by atoms with Crippen LogP contribution in [0.15, 0.2) is 60.2 Å². The van der Waals surface area contributed by atoms with Crippen molar-refractivity contribution in [3.63, 3.8) is 0 Å². The second kappa shape index (κ2) is 11.0. The van der Waals surface area contributed by atoms with Crippen molar-refractivity contribution in [1.82, 2.24) is 4.90 Å². The zero-order valence-electron chi connectivity index (χ0n) is 21.4. The van der Waals surface area contributed by atoms with Gasteiger partial charge in [-0.1, -0.05) is 36.4 Å². The molecule has 1 aliphatic carbocycles. The second-order valence-corrected chi connectivity index (χ2v) is 10.2. The summed E-state index contributed by atoms with van der Waals surface area (Å²) >= 11 is 0. The molecule has 0 bridgehead atoms. The summed E-state index contributed by atoms with van der Waals surface area (Å²) in [5.41, 5.74) is 6.81. The molecule has 1 fully saturated rings. The highest BCUT2D eigenvalue weighted by Gasteiger charge is 2.25. The van der Waals surface area contributed by atoms with E-state index in [1.54, 1.807) is 25.1 Å². The van der Waals surface area contributed by atoms with Crippen molar-refractivity contribution in [2.45, 2.75) is 32.6 Å². The van der Waals surface area contributed by atoms with E-state index >= 15 is 8.78 Å². The van der Waals surface area contributed by atoms with Gasteiger partial charge in [-0.3, -0.25) is 9.29 Å². The third-order valence-electron chi connectivity index (χ3n) is 7.32. The van der Waals surface area contributed by atoms with Gasteiger partial charge in [0.25, 0.3) is 0 Å². The number of hydrogen-bond donors (Lipinski definition) is 1. The van der Waals surface area contributed by atoms with Gasteiger partial charge in [-0.2, -0.15) is 0 Å². The number of carboxylic acid groups (broad SMARTS) is 1. The number of carbonyl (C=O) groups is 1. The van der Waals surface area contributed by atoms with Crippen molar-refractivity contribution < 1.29 is 23.1 Å². The summed E-state index contributed by atoms with van der Waals surface area (Å²) < 4.78 is 42.9. The maximum Gasteiger partial charge on any atom is 0.335 e. The van der Waals surface area contributed by atoms with E-state index in [0.29, 0.717) is 36.8 Å². The number of halogens is 3. The molecule has 38 heavy (non-hydrogen) atoms. The first-order chi connectivity index (χ1) is 18.3. The zero-order valence-corrected chi connectivity index (χ0v) is 21.4. The molecule has 0 aromatic heterocycles. The highest BCUT2D eigenvalue weighted by molar-refractivity contribution is 6.01. The highest BCUT2D eigenvalue weighted by atomic mass is 19.1. The molecule has 3 aromatic carbocycles. The predicted molar refractivity (Wildman–Crippen MR) is 145 cm³/mol. The lowest BCUT2D eigenvalue weighted by Gasteiger charge is -2.33. The van der Waals surface area contributed by atoms with E-state index in [1.165, 1.54) is 17.7 Å². The van der Waals surface area contributed by atoms with Crippen LogP contribution in [0.5, 0.6) is 0 Å². The Kier molecular flexibility index (Phi) is 7.52. The molecular weight excluding hydrogens is 487 g/mol. The molecule has 0 atom stereocenters. The second-order valence-electron chi connectivity index (χ2n) is 10.2. The largest absolute Gasteiger partial charge is 0.478 e. The molecule has 0 radical (unpaired) electrons. The van der Waals surface area contributed by atoms with Crippen molar-refractivity contribution in [3.05, 3.63) is 111 Å². The van der Waals surface area contributed by atoms with E-state index in [1.807, 2.05) is 24.3 Å². The summed E-state index contributed by atoms with van der Waals surface area (Å²) in [7, 11) is 0. The van der Waals surface area contributed by atoms with Crippen LogP contribution in [0.3, 0.4) is 0 Å². The molecule has 3 aromatic rings. The average Bonchev–Trinajstić information content (AvgIpc) is 3.04. The maximum atomic E-state index is 15.2. The number of rotatable bonds is 7. The van der Waals surface area contributed by atoms with Crippen molar-refractivity contribution >= 4 is 23.2 Å². The molecule has 196 valence electrons. The normalized spacial score (nSPS) is 15.6. The zero-order chi connectivity index (χ0) is 26.8. The minimum atomic E-state index is -1.00. The summed E-state index contributed by atoms with van der Waals surface area (Å²) in [6, 6.07) is 15.6. The van der Waals surface area contributed by atoms with Crippen molar-refractivity contribution in [1.29, 1.82) is 0 Å². The fraction of sp³-hybridized carbons (Fsp3) is 0.281. The van der Waals surface area contributed by atoms with E-state index in [9.17, 15) is 14.3 Å². The van der Waals surface area contributed by atoms with Crippen LogP contribution < -0.4 is 0 Å². The predicted octanol–water partition coefficient (Wildman–Crippen LogP) is 7.33. The molecule has 6 heteroatoms. The maximum absolute atomic E-state index is 15.2. The van der Waals surface area contributed by atoms with Gasteiger partial charge in [0.1, 0.15) is 11.6 Å². The first-order valence-corrected chi connectivity index (χ1v) is 13.0. The van der Waals surface area contributed by atoms with Gasteiger partial charge in [-0.05, 0) is 101 Å². The van der Waals surface area contributed by atoms with Crippen LogP contribution >= 0.6 is 0 Å². The van der Waals surface area contributed by atoms with Gasteiger partial charge in [0.2, 0.25) is 0 Å². The fourth-order valence-electron chi connectivity index (χ4n) is 5.53. The average molecular weight is 518 g/mol. The summed E-state index contributed by atoms with van der Waals surface area (Å²) in [5.74, 6) is -2.19. The van der Waals surface area contributed by atoms with E-state index in [-0.39, 0.29) is 17.8 Å². The number of carboxylic acids is 1. The molecule has 1 N–H and O–H groups in total. The van der Waals surface area contributed by atoms with Crippen molar-refractivity contribution in [3.8, 4) is 0 Å². The first kappa shape index (κ1) is 26.0. The molecule has 0 spiro atoms. The van der Waals surface area contributed by atoms with E-state index in [2.05, 4.69) is 11.0 Å². The van der Waals surface area contributed by atoms with Crippen LogP contribution in [0.4, 0.5) is 13.2 Å². The molecule has 0 saturated carbocycles. The third kappa shape index (κ3) is 5.32. The summed E-state index contributed by atoms with van der Waals surface area (Å²) in [4.78, 5) is 13.8. The van der Waals surface area contributed by atoms with Crippen LogP contribution in [-0.4, -0.2) is 42.3 Å². The van der Waals surface area contributed by atoms with Crippen molar-refractivity contribution in [2.75, 3.05) is 26.3 Å². The molecule has 1 aliphatic heterocycles. The Morgan fingerprint density at radius 1 is 1.00 bits per heavy atom. The van der Waals surface area contributed by atoms with E-state index < -0.39 is 17.6 Å². The Hall–Kier alpha value is -3.64. The lowest BCUT2D eigenvalue weighted by molar-refractivity contribution is 0.0696. The van der Waals surface area contributed by atoms with Crippen LogP contribution in [0.1, 0.15) is 63.0 Å². The minimum absolute atomic E-state index is 0.0187. The first-order valence-electron chi connectivity index (χ1n) is 13.0. The Morgan fingerprint density at radius 2 is 1.71 bits per heavy atom. The van der Waals surface area contributed by atoms with Gasteiger partial charge >= 0.3 is 5.97 Å². The van der Waals surface area contributed by atoms with Gasteiger partial charge in [0.15, 0.2) is 0 Å². The van der Waals surface area contributed by atoms with Gasteiger partial charge < -0.3 is 5.11 Å². The summed E-state index contributed by atoms with van der Waals surface area (Å²) in [5, 5.41) is 9.52. The third-order valence-corrected chi connectivity index (χ3v) is 7.32. The Morgan fingerprint density at radius 3 is 2.37 bits per heavy atom. The van der Waals surface area contributed by atoms with Crippen LogP contribution in [0, 0.1) is 18.6 Å². The van der Waals surface area contributed by atoms with Crippen molar-refractivity contribution in [2.24, 2.45) is 0 Å². The Labute approximate surface area is 220 Å². The number of fused-ring (bicyclic) bond motifs is 1. The van der Waals surface area contributed by atoms with Gasteiger partial charge in [0.05, 0.1) is 12.2 Å². The molecule has 0 amide bonds. The lowest BCUT2D eigenvalue weighted by atomic mass is 9.86. The molecule has 5 rings (SSSR count). The monoisotopic (exact) mass is 517 g/mol. The quantitative estimate of drug-likeness (QED) is 0.357. The van der Waals surface area contributed by atoms with E-state index in [4.69, 9.17) is 0 Å². The van der Waals surface area contributed by atoms with Gasteiger partial charge in [-0.15, -0.1) is 0 Å². The molecule has 3 nitrogen and oxygen atoms in total. The number of benzene rings is 3. The Bertz CT molecular complexity index is 1410. The minimum Gasteiger partial charge on any atom is -0.478 e. The number of allylic oxidation sites excluding steroid dienone is 1. The summed E-state index contributed by atoms with van der Waals surface area (Å²) in [6.45, 7) is 3.80. The fourth-order valence-corrected chi connectivity index (χ4v) is 5.53. The topological polar surface area (TPSA) is 40.5 Å². The number of aromatic carboxylic acids is 1. The summed E-state index contributed by atoms with van der Waals surface area (Å²) in [6.07, 6.45) is 4.40. The lowest BCUT2D eigenvalue weighted by Crippen LogP contribution is -2.40. The SMILES string of the molecule is Cc1cc(F)c(C2=C(c3ccc(C=C4CN(CCCF)C4)cc3)c3ccc(C(=O)O)cc3CCC2)c(F)c1.